The van der Waals surface area contributed by atoms with Crippen LogP contribution in [0, 0.1) is 17.2 Å². The number of nitrogens with zero attached hydrogens (tertiary/aromatic N) is 6. The van der Waals surface area contributed by atoms with Gasteiger partial charge in [0.05, 0.1) is 24.0 Å². The molecular formula is C31H45F3N6O4Si. The van der Waals surface area contributed by atoms with Crippen LogP contribution < -0.4 is 4.90 Å². The van der Waals surface area contributed by atoms with Crippen LogP contribution >= 0.6 is 0 Å². The molecule has 1 aliphatic heterocycles. The van der Waals surface area contributed by atoms with Crippen LogP contribution in [0.5, 0.6) is 0 Å². The van der Waals surface area contributed by atoms with E-state index in [0.29, 0.717) is 50.2 Å². The Morgan fingerprint density at radius 3 is 2.47 bits per heavy atom. The maximum atomic E-state index is 13.4. The summed E-state index contributed by atoms with van der Waals surface area (Å²) in [6.45, 7) is 11.5. The van der Waals surface area contributed by atoms with E-state index in [2.05, 4.69) is 35.6 Å². The second-order valence-electron chi connectivity index (χ2n) is 14.3. The van der Waals surface area contributed by atoms with E-state index in [-0.39, 0.29) is 37.6 Å². The van der Waals surface area contributed by atoms with Crippen LogP contribution in [0.25, 0.3) is 11.0 Å². The topological polar surface area (TPSA) is 104 Å². The van der Waals surface area contributed by atoms with Crippen LogP contribution in [0.4, 0.5) is 23.7 Å². The van der Waals surface area contributed by atoms with Gasteiger partial charge in [0.15, 0.2) is 0 Å². The lowest BCUT2D eigenvalue weighted by Crippen LogP contribution is -2.52. The van der Waals surface area contributed by atoms with E-state index in [1.54, 1.807) is 27.0 Å². The van der Waals surface area contributed by atoms with Gasteiger partial charge < -0.3 is 23.8 Å². The molecule has 0 aromatic carbocycles. The first-order valence-corrected chi connectivity index (χ1v) is 19.2. The van der Waals surface area contributed by atoms with E-state index in [0.717, 1.165) is 22.0 Å². The van der Waals surface area contributed by atoms with E-state index in [1.807, 2.05) is 16.8 Å². The van der Waals surface area contributed by atoms with Crippen LogP contribution in [0.15, 0.2) is 18.5 Å². The number of ether oxygens (including phenoxy) is 2. The molecule has 2 aliphatic rings. The van der Waals surface area contributed by atoms with E-state index < -0.39 is 32.5 Å². The molecule has 1 aliphatic carbocycles. The zero-order chi connectivity index (χ0) is 33.2. The van der Waals surface area contributed by atoms with Crippen molar-refractivity contribution in [1.82, 2.24) is 19.4 Å². The molecule has 0 unspecified atom stereocenters. The number of anilines is 1. The van der Waals surface area contributed by atoms with Crippen LogP contribution in [0.3, 0.4) is 0 Å². The first-order chi connectivity index (χ1) is 21.0. The highest BCUT2D eigenvalue weighted by atomic mass is 28.3. The number of rotatable bonds is 10. The maximum absolute atomic E-state index is 13.4. The molecule has 45 heavy (non-hydrogen) atoms. The fraction of sp³-hybridized carbons (Fsp3) is 0.677. The lowest BCUT2D eigenvalue weighted by molar-refractivity contribution is -0.146. The monoisotopic (exact) mass is 650 g/mol. The summed E-state index contributed by atoms with van der Waals surface area (Å²) in [5, 5.41) is 10.2. The predicted molar refractivity (Wildman–Crippen MR) is 167 cm³/mol. The number of hydrogen-bond donors (Lipinski definition) is 0. The van der Waals surface area contributed by atoms with E-state index in [9.17, 15) is 28.0 Å². The number of carbonyl (C=O) groups is 2. The van der Waals surface area contributed by atoms with Gasteiger partial charge in [0.2, 0.25) is 0 Å². The van der Waals surface area contributed by atoms with Crippen LogP contribution in [0.1, 0.15) is 56.8 Å². The van der Waals surface area contributed by atoms with E-state index >= 15 is 0 Å². The maximum Gasteiger partial charge on any atom is 0.410 e. The van der Waals surface area contributed by atoms with Crippen molar-refractivity contribution in [2.45, 2.75) is 96.7 Å². The largest absolute Gasteiger partial charge is 0.444 e. The van der Waals surface area contributed by atoms with Crippen molar-refractivity contribution in [3.8, 4) is 6.07 Å². The summed E-state index contributed by atoms with van der Waals surface area (Å²) in [5.41, 5.74) is 0.967. The Balaban J connectivity index is 1.53. The highest BCUT2D eigenvalue weighted by Gasteiger charge is 2.39. The minimum absolute atomic E-state index is 0.0196. The molecule has 4 rings (SSSR count). The van der Waals surface area contributed by atoms with Crippen molar-refractivity contribution in [2.75, 3.05) is 37.8 Å². The molecule has 0 radical (unpaired) electrons. The van der Waals surface area contributed by atoms with Crippen molar-refractivity contribution in [2.24, 2.45) is 5.92 Å². The van der Waals surface area contributed by atoms with Gasteiger partial charge >= 0.3 is 12.3 Å². The van der Waals surface area contributed by atoms with Crippen molar-refractivity contribution in [1.29, 1.82) is 5.26 Å². The van der Waals surface area contributed by atoms with Gasteiger partial charge in [-0.3, -0.25) is 9.69 Å². The Kier molecular flexibility index (Phi) is 10.4. The van der Waals surface area contributed by atoms with Gasteiger partial charge in [0.25, 0.3) is 5.91 Å². The predicted octanol–water partition coefficient (Wildman–Crippen LogP) is 6.45. The van der Waals surface area contributed by atoms with Gasteiger partial charge in [0.1, 0.15) is 31.1 Å². The Labute approximate surface area is 264 Å². The smallest absolute Gasteiger partial charge is 0.410 e. The molecule has 2 aromatic heterocycles. The number of alkyl halides is 3. The summed E-state index contributed by atoms with van der Waals surface area (Å²) in [7, 11) is -1.24. The molecule has 2 aromatic rings. The number of fused-ring (bicyclic) bond motifs is 3. The fourth-order valence-electron chi connectivity index (χ4n) is 5.93. The second kappa shape index (κ2) is 13.6. The SMILES string of the molecule is CC(C)(C)OC(=O)N(CC(F)(F)F)C[C@H]1CC[C@H](N2CN(CC#N)C(=O)c3cnc4c(ccn4COCC[Si](C)(C)C)c32)CC1. The van der Waals surface area contributed by atoms with Crippen molar-refractivity contribution >= 4 is 36.8 Å². The van der Waals surface area contributed by atoms with Crippen LogP contribution in [0.2, 0.25) is 25.7 Å². The lowest BCUT2D eigenvalue weighted by Gasteiger charge is -2.44. The third kappa shape index (κ3) is 9.13. The first-order valence-electron chi connectivity index (χ1n) is 15.5. The number of nitriles is 1. The molecule has 10 nitrogen and oxygen atoms in total. The zero-order valence-electron chi connectivity index (χ0n) is 27.1. The Hall–Kier alpha value is -3.31. The average Bonchev–Trinajstić information content (AvgIpc) is 3.34. The molecule has 0 spiro atoms. The molecule has 3 heterocycles. The highest BCUT2D eigenvalue weighted by Crippen LogP contribution is 2.40. The third-order valence-corrected chi connectivity index (χ3v) is 9.84. The van der Waals surface area contributed by atoms with Crippen molar-refractivity contribution < 1.29 is 32.2 Å². The summed E-state index contributed by atoms with van der Waals surface area (Å²) in [4.78, 5) is 35.1. The molecule has 0 bridgehead atoms. The summed E-state index contributed by atoms with van der Waals surface area (Å²) < 4.78 is 53.3. The second-order valence-corrected chi connectivity index (χ2v) is 19.9. The molecule has 1 saturated carbocycles. The number of amides is 2. The summed E-state index contributed by atoms with van der Waals surface area (Å²) in [5.74, 6) is -0.394. The standard InChI is InChI=1S/C31H45F3N6O4Si/c1-30(2,3)44-29(42)39(19-31(32,33)34)18-22-7-9-23(10-8-22)40-20-37(14-12-35)28(41)25-17-36-27-24(26(25)40)11-13-38(27)21-43-15-16-45(4,5)6/h11,13,17,22-23H,7-10,14-16,18-21H2,1-6H3/t22-,23-. The number of hydrogen-bond acceptors (Lipinski definition) is 7. The van der Waals surface area contributed by atoms with E-state index in [4.69, 9.17) is 9.47 Å². The van der Waals surface area contributed by atoms with Gasteiger partial charge in [-0.05, 0) is 64.5 Å². The Morgan fingerprint density at radius 1 is 1.18 bits per heavy atom. The third-order valence-electron chi connectivity index (χ3n) is 8.13. The molecule has 0 N–H and O–H groups in total. The van der Waals surface area contributed by atoms with Gasteiger partial charge in [0, 0.05) is 45.0 Å². The van der Waals surface area contributed by atoms with Crippen LogP contribution in [-0.2, 0) is 16.2 Å². The van der Waals surface area contributed by atoms with Gasteiger partial charge in [-0.25, -0.2) is 9.78 Å². The molecule has 2 amide bonds. The molecule has 0 atom stereocenters. The number of carbonyl (C=O) groups excluding carboxylic acids is 2. The minimum Gasteiger partial charge on any atom is -0.444 e. The van der Waals surface area contributed by atoms with Crippen LogP contribution in [-0.4, -0.2) is 90.2 Å². The summed E-state index contributed by atoms with van der Waals surface area (Å²) in [6, 6.07) is 5.03. The van der Waals surface area contributed by atoms with Gasteiger partial charge in [-0.1, -0.05) is 19.6 Å². The Bertz CT molecular complexity index is 1400. The molecule has 1 fully saturated rings. The van der Waals surface area contributed by atoms with Gasteiger partial charge in [-0.15, -0.1) is 0 Å². The van der Waals surface area contributed by atoms with Crippen molar-refractivity contribution in [3.63, 3.8) is 0 Å². The van der Waals surface area contributed by atoms with E-state index in [1.165, 1.54) is 4.90 Å². The average molecular weight is 651 g/mol. The van der Waals surface area contributed by atoms with Gasteiger partial charge in [-0.2, -0.15) is 18.4 Å². The quantitative estimate of drug-likeness (QED) is 0.165. The number of aromatic nitrogens is 2. The zero-order valence-corrected chi connectivity index (χ0v) is 28.1. The molecular weight excluding hydrogens is 605 g/mol. The number of pyridine rings is 1. The number of halogens is 3. The minimum atomic E-state index is -4.54. The molecule has 14 heteroatoms. The van der Waals surface area contributed by atoms with Crippen molar-refractivity contribution in [3.05, 3.63) is 24.0 Å². The highest BCUT2D eigenvalue weighted by molar-refractivity contribution is 6.76. The molecule has 0 saturated heterocycles. The molecule has 248 valence electrons. The normalized spacial score (nSPS) is 19.4. The summed E-state index contributed by atoms with van der Waals surface area (Å²) in [6.07, 6.45) is 0.448. The Morgan fingerprint density at radius 2 is 1.87 bits per heavy atom. The lowest BCUT2D eigenvalue weighted by atomic mass is 9.84. The first kappa shape index (κ1) is 34.6. The fourth-order valence-corrected chi connectivity index (χ4v) is 6.68. The summed E-state index contributed by atoms with van der Waals surface area (Å²) >= 11 is 0.